The smallest absolute Gasteiger partial charge is 0.257 e. The first-order valence-corrected chi connectivity index (χ1v) is 8.41. The average Bonchev–Trinajstić information content (AvgIpc) is 3.25. The van der Waals surface area contributed by atoms with Crippen LogP contribution >= 0.6 is 11.3 Å². The summed E-state index contributed by atoms with van der Waals surface area (Å²) in [7, 11) is 0. The molecule has 3 aromatic rings. The molecule has 1 aromatic heterocycles. The third-order valence-electron chi connectivity index (χ3n) is 3.83. The molecule has 0 aliphatic carbocycles. The van der Waals surface area contributed by atoms with Crippen LogP contribution in [0.5, 0.6) is 11.5 Å². The van der Waals surface area contributed by atoms with Gasteiger partial charge in [0.05, 0.1) is 5.69 Å². The van der Waals surface area contributed by atoms with E-state index < -0.39 is 11.7 Å². The summed E-state index contributed by atoms with van der Waals surface area (Å²) in [5.41, 5.74) is 2.33. The first-order valence-electron chi connectivity index (χ1n) is 7.53. The van der Waals surface area contributed by atoms with E-state index in [0.29, 0.717) is 27.9 Å². The zero-order valence-corrected chi connectivity index (χ0v) is 14.0. The summed E-state index contributed by atoms with van der Waals surface area (Å²) >= 11 is 1.30. The lowest BCUT2D eigenvalue weighted by atomic mass is 10.1. The Morgan fingerprint density at radius 2 is 2.04 bits per heavy atom. The number of aromatic nitrogens is 1. The molecule has 0 unspecified atom stereocenters. The number of hydrogen-bond donors (Lipinski definition) is 1. The van der Waals surface area contributed by atoms with Crippen LogP contribution in [0, 0.1) is 12.7 Å². The Labute approximate surface area is 147 Å². The molecule has 1 aliphatic rings. The summed E-state index contributed by atoms with van der Waals surface area (Å²) in [6.45, 7) is 1.86. The van der Waals surface area contributed by atoms with Gasteiger partial charge < -0.3 is 9.47 Å². The number of rotatable bonds is 3. The molecule has 1 amide bonds. The number of carbonyl (C=O) groups is 1. The Morgan fingerprint density at radius 3 is 2.88 bits per heavy atom. The Kier molecular flexibility index (Phi) is 3.85. The Hall–Kier alpha value is -2.93. The lowest BCUT2D eigenvalue weighted by Crippen LogP contribution is -2.12. The molecule has 25 heavy (non-hydrogen) atoms. The van der Waals surface area contributed by atoms with Crippen molar-refractivity contribution < 1.29 is 18.7 Å². The molecule has 2 heterocycles. The number of fused-ring (bicyclic) bond motifs is 1. The molecule has 0 fully saturated rings. The lowest BCUT2D eigenvalue weighted by molar-refractivity contribution is 0.102. The molecule has 2 aromatic carbocycles. The minimum absolute atomic E-state index is 0.213. The number of nitrogens with zero attached hydrogens (tertiary/aromatic N) is 1. The van der Waals surface area contributed by atoms with Gasteiger partial charge in [0.2, 0.25) is 6.79 Å². The number of carbonyl (C=O) groups excluding carboxylic acids is 1. The second-order valence-electron chi connectivity index (χ2n) is 5.52. The number of anilines is 1. The van der Waals surface area contributed by atoms with Gasteiger partial charge in [-0.3, -0.25) is 10.1 Å². The van der Waals surface area contributed by atoms with Gasteiger partial charge in [0, 0.05) is 16.5 Å². The van der Waals surface area contributed by atoms with Gasteiger partial charge in [-0.2, -0.15) is 0 Å². The fraction of sp³-hybridized carbons (Fsp3) is 0.111. The van der Waals surface area contributed by atoms with Gasteiger partial charge in [0.1, 0.15) is 5.82 Å². The third kappa shape index (κ3) is 3.06. The first kappa shape index (κ1) is 15.6. The van der Waals surface area contributed by atoms with Crippen molar-refractivity contribution in [2.24, 2.45) is 0 Å². The Bertz CT molecular complexity index is 971. The number of thiazole rings is 1. The van der Waals surface area contributed by atoms with E-state index in [1.54, 1.807) is 19.1 Å². The molecule has 1 N–H and O–H groups in total. The highest BCUT2D eigenvalue weighted by atomic mass is 32.1. The number of hydrogen-bond acceptors (Lipinski definition) is 5. The van der Waals surface area contributed by atoms with Crippen LogP contribution in [0.4, 0.5) is 9.52 Å². The van der Waals surface area contributed by atoms with Crippen LogP contribution in [-0.2, 0) is 0 Å². The van der Waals surface area contributed by atoms with Crippen molar-refractivity contribution in [1.82, 2.24) is 4.98 Å². The minimum Gasteiger partial charge on any atom is -0.454 e. The topological polar surface area (TPSA) is 60.5 Å². The summed E-state index contributed by atoms with van der Waals surface area (Å²) in [4.78, 5) is 16.6. The SMILES string of the molecule is Cc1ccc(C(=O)Nc2nc(-c3ccc4c(c3)OCO4)cs2)cc1F. The molecule has 5 nitrogen and oxygen atoms in total. The van der Waals surface area contributed by atoms with Gasteiger partial charge in [-0.15, -0.1) is 11.3 Å². The van der Waals surface area contributed by atoms with Crippen molar-refractivity contribution in [3.63, 3.8) is 0 Å². The molecule has 0 spiro atoms. The maximum Gasteiger partial charge on any atom is 0.257 e. The molecule has 0 bridgehead atoms. The third-order valence-corrected chi connectivity index (χ3v) is 4.58. The largest absolute Gasteiger partial charge is 0.454 e. The number of amides is 1. The molecule has 0 saturated carbocycles. The monoisotopic (exact) mass is 356 g/mol. The van der Waals surface area contributed by atoms with Gasteiger partial charge in [-0.25, -0.2) is 9.37 Å². The standard InChI is InChI=1S/C18H13FN2O3S/c1-10-2-3-12(6-13(10)19)17(22)21-18-20-14(8-25-18)11-4-5-15-16(7-11)24-9-23-15/h2-8H,9H2,1H3,(H,20,21,22). The van der Waals surface area contributed by atoms with E-state index in [9.17, 15) is 9.18 Å². The van der Waals surface area contributed by atoms with Crippen molar-refractivity contribution in [3.8, 4) is 22.8 Å². The van der Waals surface area contributed by atoms with E-state index in [4.69, 9.17) is 9.47 Å². The second kappa shape index (κ2) is 6.18. The summed E-state index contributed by atoms with van der Waals surface area (Å²) in [5.74, 6) is 0.568. The van der Waals surface area contributed by atoms with Gasteiger partial charge >= 0.3 is 0 Å². The van der Waals surface area contributed by atoms with E-state index in [1.165, 1.54) is 17.4 Å². The highest BCUT2D eigenvalue weighted by Crippen LogP contribution is 2.36. The fourth-order valence-electron chi connectivity index (χ4n) is 2.42. The van der Waals surface area contributed by atoms with Crippen molar-refractivity contribution in [2.75, 3.05) is 12.1 Å². The predicted molar refractivity (Wildman–Crippen MR) is 92.8 cm³/mol. The second-order valence-corrected chi connectivity index (χ2v) is 6.38. The van der Waals surface area contributed by atoms with E-state index in [1.807, 2.05) is 23.6 Å². The average molecular weight is 356 g/mol. The number of ether oxygens (including phenoxy) is 2. The van der Waals surface area contributed by atoms with Crippen LogP contribution in [0.2, 0.25) is 0 Å². The van der Waals surface area contributed by atoms with Crippen LogP contribution in [0.1, 0.15) is 15.9 Å². The zero-order valence-electron chi connectivity index (χ0n) is 13.2. The maximum atomic E-state index is 13.6. The summed E-state index contributed by atoms with van der Waals surface area (Å²) in [6, 6.07) is 9.92. The van der Waals surface area contributed by atoms with Crippen LogP contribution in [-0.4, -0.2) is 17.7 Å². The molecular formula is C18H13FN2O3S. The summed E-state index contributed by atoms with van der Waals surface area (Å²) in [6.07, 6.45) is 0. The summed E-state index contributed by atoms with van der Waals surface area (Å²) < 4.78 is 24.2. The molecule has 1 aliphatic heterocycles. The number of nitrogens with one attached hydrogen (secondary N) is 1. The molecule has 0 radical (unpaired) electrons. The van der Waals surface area contributed by atoms with Crippen LogP contribution in [0.15, 0.2) is 41.8 Å². The number of aryl methyl sites for hydroxylation is 1. The number of benzene rings is 2. The lowest BCUT2D eigenvalue weighted by Gasteiger charge is -2.03. The molecule has 7 heteroatoms. The van der Waals surface area contributed by atoms with Gasteiger partial charge in [0.25, 0.3) is 5.91 Å². The fourth-order valence-corrected chi connectivity index (χ4v) is 3.14. The van der Waals surface area contributed by atoms with E-state index >= 15 is 0 Å². The van der Waals surface area contributed by atoms with Crippen molar-refractivity contribution >= 4 is 22.4 Å². The normalized spacial score (nSPS) is 12.2. The van der Waals surface area contributed by atoms with Crippen LogP contribution in [0.3, 0.4) is 0 Å². The van der Waals surface area contributed by atoms with E-state index in [-0.39, 0.29) is 12.4 Å². The van der Waals surface area contributed by atoms with Crippen molar-refractivity contribution in [3.05, 3.63) is 58.7 Å². The van der Waals surface area contributed by atoms with Gasteiger partial charge in [-0.05, 0) is 42.8 Å². The first-order chi connectivity index (χ1) is 12.1. The molecule has 126 valence electrons. The highest BCUT2D eigenvalue weighted by Gasteiger charge is 2.16. The van der Waals surface area contributed by atoms with E-state index in [0.717, 1.165) is 5.56 Å². The van der Waals surface area contributed by atoms with Crippen molar-refractivity contribution in [1.29, 1.82) is 0 Å². The maximum absolute atomic E-state index is 13.6. The predicted octanol–water partition coefficient (Wildman–Crippen LogP) is 4.24. The van der Waals surface area contributed by atoms with Crippen LogP contribution in [0.25, 0.3) is 11.3 Å². The van der Waals surface area contributed by atoms with E-state index in [2.05, 4.69) is 10.3 Å². The van der Waals surface area contributed by atoms with Gasteiger partial charge in [0.15, 0.2) is 16.6 Å². The molecule has 4 rings (SSSR count). The van der Waals surface area contributed by atoms with Crippen LogP contribution < -0.4 is 14.8 Å². The Balaban J connectivity index is 1.53. The molecule has 0 saturated heterocycles. The zero-order chi connectivity index (χ0) is 17.4. The number of halogens is 1. The summed E-state index contributed by atoms with van der Waals surface area (Å²) in [5, 5.41) is 4.97. The van der Waals surface area contributed by atoms with Gasteiger partial charge in [-0.1, -0.05) is 6.07 Å². The quantitative estimate of drug-likeness (QED) is 0.763. The minimum atomic E-state index is -0.409. The van der Waals surface area contributed by atoms with Crippen molar-refractivity contribution in [2.45, 2.75) is 6.92 Å². The molecular weight excluding hydrogens is 343 g/mol. The Morgan fingerprint density at radius 1 is 1.20 bits per heavy atom. The highest BCUT2D eigenvalue weighted by molar-refractivity contribution is 7.14. The molecule has 0 atom stereocenters.